The van der Waals surface area contributed by atoms with Gasteiger partial charge in [-0.3, -0.25) is 4.79 Å². The first-order valence-electron chi connectivity index (χ1n) is 9.80. The number of halogens is 1. The Hall–Kier alpha value is -1.81. The predicted molar refractivity (Wildman–Crippen MR) is 121 cm³/mol. The molecule has 0 atom stereocenters. The highest BCUT2D eigenvalue weighted by molar-refractivity contribution is 9.10. The lowest BCUT2D eigenvalue weighted by Gasteiger charge is -2.22. The van der Waals surface area contributed by atoms with Gasteiger partial charge >= 0.3 is 0 Å². The average Bonchev–Trinajstić information content (AvgIpc) is 2.59. The molecule has 0 fully saturated rings. The predicted octanol–water partition coefficient (Wildman–Crippen LogP) is 6.86. The third-order valence-corrected chi connectivity index (χ3v) is 5.98. The van der Waals surface area contributed by atoms with Gasteiger partial charge in [0.25, 0.3) is 0 Å². The summed E-state index contributed by atoms with van der Waals surface area (Å²) in [5, 5.41) is 13.8. The average molecular weight is 446 g/mol. The van der Waals surface area contributed by atoms with E-state index >= 15 is 0 Å². The van der Waals surface area contributed by atoms with Crippen LogP contribution >= 0.6 is 15.9 Å². The topological polar surface area (TPSA) is 49.3 Å². The molecule has 0 aliphatic carbocycles. The summed E-state index contributed by atoms with van der Waals surface area (Å²) in [5.41, 5.74) is 5.72. The molecular formula is C24H32BrNO2. The first kappa shape index (κ1) is 22.5. The highest BCUT2D eigenvalue weighted by Crippen LogP contribution is 2.41. The molecule has 0 radical (unpaired) electrons. The van der Waals surface area contributed by atoms with E-state index in [4.69, 9.17) is 0 Å². The van der Waals surface area contributed by atoms with E-state index in [2.05, 4.69) is 59.4 Å². The highest BCUT2D eigenvalue weighted by atomic mass is 79.9. The monoisotopic (exact) mass is 445 g/mol. The van der Waals surface area contributed by atoms with Crippen LogP contribution in [0.3, 0.4) is 0 Å². The summed E-state index contributed by atoms with van der Waals surface area (Å²) in [7, 11) is 0. The highest BCUT2D eigenvalue weighted by Gasteiger charge is 2.22. The minimum absolute atomic E-state index is 0.0106. The molecule has 2 N–H and O–H groups in total. The quantitative estimate of drug-likeness (QED) is 0.493. The van der Waals surface area contributed by atoms with Crippen LogP contribution in [0.2, 0.25) is 0 Å². The van der Waals surface area contributed by atoms with E-state index < -0.39 is 0 Å². The third-order valence-electron chi connectivity index (χ3n) is 5.01. The van der Waals surface area contributed by atoms with Crippen LogP contribution in [0.15, 0.2) is 28.7 Å². The van der Waals surface area contributed by atoms with Crippen LogP contribution in [0.5, 0.6) is 5.75 Å². The van der Waals surface area contributed by atoms with Crippen LogP contribution in [-0.4, -0.2) is 11.0 Å². The van der Waals surface area contributed by atoms with E-state index in [9.17, 15) is 9.90 Å². The Kier molecular flexibility index (Phi) is 6.97. The van der Waals surface area contributed by atoms with Gasteiger partial charge in [0.1, 0.15) is 5.75 Å². The third kappa shape index (κ3) is 5.38. The Morgan fingerprint density at radius 1 is 1.11 bits per heavy atom. The van der Waals surface area contributed by atoms with Gasteiger partial charge in [-0.2, -0.15) is 0 Å². The number of carbonyl (C=O) groups is 1. The molecule has 152 valence electrons. The molecule has 28 heavy (non-hydrogen) atoms. The summed E-state index contributed by atoms with van der Waals surface area (Å²) in [5.74, 6) is 0.725. The van der Waals surface area contributed by atoms with Gasteiger partial charge in [0.2, 0.25) is 5.91 Å². The number of phenols is 1. The summed E-state index contributed by atoms with van der Waals surface area (Å²) in [4.78, 5) is 12.5. The molecule has 0 saturated carbocycles. The molecule has 0 aliphatic rings. The van der Waals surface area contributed by atoms with E-state index in [0.717, 1.165) is 27.9 Å². The number of anilines is 1. The molecule has 2 rings (SSSR count). The molecule has 0 bridgehead atoms. The van der Waals surface area contributed by atoms with Crippen molar-refractivity contribution in [2.24, 2.45) is 5.41 Å². The van der Waals surface area contributed by atoms with Crippen molar-refractivity contribution in [2.45, 2.75) is 67.2 Å². The zero-order chi connectivity index (χ0) is 21.2. The number of carbonyl (C=O) groups excluding carboxylic acids is 1. The maximum Gasteiger partial charge on any atom is 0.224 e. The summed E-state index contributed by atoms with van der Waals surface area (Å²) in [6.45, 7) is 14.4. The SMILES string of the molecule is Cc1c(Br)c(O)c(Cc2ccc(C(C)C)cc2)c(C)c1NC(=O)CC(C)(C)C. The number of benzene rings is 2. The molecule has 0 spiro atoms. The van der Waals surface area contributed by atoms with Crippen molar-refractivity contribution >= 4 is 27.5 Å². The smallest absolute Gasteiger partial charge is 0.224 e. The molecule has 3 nitrogen and oxygen atoms in total. The maximum atomic E-state index is 12.5. The summed E-state index contributed by atoms with van der Waals surface area (Å²) < 4.78 is 0.637. The number of hydrogen-bond acceptors (Lipinski definition) is 2. The standard InChI is InChI=1S/C24H32BrNO2/c1-14(2)18-10-8-17(9-11-18)12-19-15(3)22(16(4)21(25)23(19)28)26-20(27)13-24(5,6)7/h8-11,14,28H,12-13H2,1-7H3,(H,26,27). The van der Waals surface area contributed by atoms with Crippen LogP contribution in [0.25, 0.3) is 0 Å². The molecule has 1 amide bonds. The molecule has 0 saturated heterocycles. The fraction of sp³-hybridized carbons (Fsp3) is 0.458. The fourth-order valence-corrected chi connectivity index (χ4v) is 3.76. The second kappa shape index (κ2) is 8.69. The van der Waals surface area contributed by atoms with Gasteiger partial charge in [-0.05, 0) is 63.4 Å². The molecule has 4 heteroatoms. The minimum Gasteiger partial charge on any atom is -0.506 e. The molecular weight excluding hydrogens is 414 g/mol. The van der Waals surface area contributed by atoms with Crippen LogP contribution < -0.4 is 5.32 Å². The van der Waals surface area contributed by atoms with Crippen molar-refractivity contribution in [3.63, 3.8) is 0 Å². The molecule has 2 aromatic rings. The van der Waals surface area contributed by atoms with Gasteiger partial charge in [0, 0.05) is 24.1 Å². The van der Waals surface area contributed by atoms with Crippen molar-refractivity contribution < 1.29 is 9.90 Å². The Labute approximate surface area is 177 Å². The van der Waals surface area contributed by atoms with Crippen molar-refractivity contribution in [3.05, 3.63) is 56.6 Å². The first-order valence-corrected chi connectivity index (χ1v) is 10.6. The van der Waals surface area contributed by atoms with Gasteiger partial charge in [-0.25, -0.2) is 0 Å². The lowest BCUT2D eigenvalue weighted by Crippen LogP contribution is -2.21. The maximum absolute atomic E-state index is 12.5. The van der Waals surface area contributed by atoms with Gasteiger partial charge < -0.3 is 10.4 Å². The Bertz CT molecular complexity index is 862. The Morgan fingerprint density at radius 2 is 1.68 bits per heavy atom. The lowest BCUT2D eigenvalue weighted by atomic mass is 9.91. The van der Waals surface area contributed by atoms with Gasteiger partial charge in [-0.1, -0.05) is 58.9 Å². The number of hydrogen-bond donors (Lipinski definition) is 2. The van der Waals surface area contributed by atoms with E-state index in [1.807, 2.05) is 34.6 Å². The van der Waals surface area contributed by atoms with Crippen LogP contribution in [-0.2, 0) is 11.2 Å². The van der Waals surface area contributed by atoms with E-state index in [0.29, 0.717) is 23.2 Å². The number of phenolic OH excluding ortho intramolecular Hbond substituents is 1. The van der Waals surface area contributed by atoms with Crippen LogP contribution in [0.4, 0.5) is 5.69 Å². The number of nitrogens with one attached hydrogen (secondary N) is 1. The largest absolute Gasteiger partial charge is 0.506 e. The number of aromatic hydroxyl groups is 1. The van der Waals surface area contributed by atoms with Crippen molar-refractivity contribution in [2.75, 3.05) is 5.32 Å². The van der Waals surface area contributed by atoms with Gasteiger partial charge in [0.05, 0.1) is 4.47 Å². The first-order chi connectivity index (χ1) is 12.9. The molecule has 0 heterocycles. The van der Waals surface area contributed by atoms with E-state index in [1.54, 1.807) is 0 Å². The van der Waals surface area contributed by atoms with Crippen molar-refractivity contribution in [3.8, 4) is 5.75 Å². The normalized spacial score (nSPS) is 11.8. The zero-order valence-electron chi connectivity index (χ0n) is 18.0. The summed E-state index contributed by atoms with van der Waals surface area (Å²) in [6.07, 6.45) is 1.05. The van der Waals surface area contributed by atoms with Gasteiger partial charge in [0.15, 0.2) is 0 Å². The Morgan fingerprint density at radius 3 is 2.18 bits per heavy atom. The molecule has 2 aromatic carbocycles. The second-order valence-corrected chi connectivity index (χ2v) is 9.92. The van der Waals surface area contributed by atoms with Gasteiger partial charge in [-0.15, -0.1) is 0 Å². The van der Waals surface area contributed by atoms with Crippen LogP contribution in [0, 0.1) is 19.3 Å². The molecule has 0 unspecified atom stereocenters. The minimum atomic E-state index is -0.0823. The lowest BCUT2D eigenvalue weighted by molar-refractivity contribution is -0.117. The van der Waals surface area contributed by atoms with Crippen molar-refractivity contribution in [1.29, 1.82) is 0 Å². The fourth-order valence-electron chi connectivity index (χ4n) is 3.32. The zero-order valence-corrected chi connectivity index (χ0v) is 19.6. The van der Waals surface area contributed by atoms with Crippen LogP contribution in [0.1, 0.15) is 74.8 Å². The molecule has 0 aromatic heterocycles. The Balaban J connectivity index is 2.39. The van der Waals surface area contributed by atoms with Crippen molar-refractivity contribution in [1.82, 2.24) is 0 Å². The number of rotatable bonds is 5. The van der Waals surface area contributed by atoms with E-state index in [-0.39, 0.29) is 17.1 Å². The summed E-state index contributed by atoms with van der Waals surface area (Å²) in [6, 6.07) is 8.50. The second-order valence-electron chi connectivity index (χ2n) is 9.12. The summed E-state index contributed by atoms with van der Waals surface area (Å²) >= 11 is 3.51. The van der Waals surface area contributed by atoms with E-state index in [1.165, 1.54) is 5.56 Å². The number of amides is 1. The molecule has 0 aliphatic heterocycles.